The van der Waals surface area contributed by atoms with Gasteiger partial charge in [-0.15, -0.1) is 0 Å². The summed E-state index contributed by atoms with van der Waals surface area (Å²) in [7, 11) is -6.95. The van der Waals surface area contributed by atoms with Crippen LogP contribution in [0.4, 0.5) is 5.69 Å². The van der Waals surface area contributed by atoms with E-state index >= 15 is 0 Å². The van der Waals surface area contributed by atoms with Gasteiger partial charge in [-0.3, -0.25) is 4.72 Å². The first kappa shape index (κ1) is 15.5. The third kappa shape index (κ3) is 4.95. The first-order valence-corrected chi connectivity index (χ1v) is 9.55. The number of benzene rings is 1. The fraction of sp³-hybridized carbons (Fsp3) is 0.400. The van der Waals surface area contributed by atoms with Gasteiger partial charge in [0.15, 0.2) is 0 Å². The van der Waals surface area contributed by atoms with Crippen LogP contribution in [0.3, 0.4) is 0 Å². The molecule has 1 rings (SSSR count). The summed E-state index contributed by atoms with van der Waals surface area (Å²) in [6.07, 6.45) is 1.01. The smallest absolute Gasteiger partial charge is 0.233 e. The number of anilines is 1. The van der Waals surface area contributed by atoms with E-state index in [-0.39, 0.29) is 0 Å². The van der Waals surface area contributed by atoms with Gasteiger partial charge in [-0.05, 0) is 24.6 Å². The number of sulfonamides is 1. The maximum atomic E-state index is 11.7. The summed E-state index contributed by atoms with van der Waals surface area (Å²) in [5.74, 6) is -0.840. The van der Waals surface area contributed by atoms with Gasteiger partial charge >= 0.3 is 0 Å². The molecule has 0 heterocycles. The highest BCUT2D eigenvalue weighted by atomic mass is 79.9. The summed E-state index contributed by atoms with van der Waals surface area (Å²) in [4.78, 5) is 0. The van der Waals surface area contributed by atoms with Crippen LogP contribution in [0, 0.1) is 6.92 Å². The second kappa shape index (κ2) is 5.58. The third-order valence-corrected chi connectivity index (χ3v) is 5.59. The van der Waals surface area contributed by atoms with Gasteiger partial charge in [0.05, 0.1) is 17.2 Å². The molecule has 18 heavy (non-hydrogen) atoms. The molecule has 0 aliphatic heterocycles. The van der Waals surface area contributed by atoms with Crippen molar-refractivity contribution in [2.75, 3.05) is 22.5 Å². The van der Waals surface area contributed by atoms with Crippen LogP contribution in [0.2, 0.25) is 0 Å². The first-order valence-electron chi connectivity index (χ1n) is 5.04. The summed E-state index contributed by atoms with van der Waals surface area (Å²) >= 11 is 3.29. The largest absolute Gasteiger partial charge is 0.283 e. The van der Waals surface area contributed by atoms with Crippen LogP contribution >= 0.6 is 15.9 Å². The topological polar surface area (TPSA) is 80.3 Å². The molecule has 102 valence electrons. The summed E-state index contributed by atoms with van der Waals surface area (Å²) in [5.41, 5.74) is 1.19. The monoisotopic (exact) mass is 355 g/mol. The molecule has 8 heteroatoms. The fourth-order valence-corrected chi connectivity index (χ4v) is 4.31. The Morgan fingerprint density at radius 2 is 1.78 bits per heavy atom. The molecule has 0 atom stereocenters. The SMILES string of the molecule is Cc1c(Br)cccc1NS(=O)(=O)CCS(C)(=O)=O. The van der Waals surface area contributed by atoms with Crippen LogP contribution in [-0.4, -0.2) is 34.6 Å². The number of hydrogen-bond donors (Lipinski definition) is 1. The molecule has 0 aliphatic rings. The Balaban J connectivity index is 2.87. The zero-order chi connectivity index (χ0) is 14.0. The van der Waals surface area contributed by atoms with E-state index in [9.17, 15) is 16.8 Å². The normalized spacial score (nSPS) is 12.4. The molecule has 5 nitrogen and oxygen atoms in total. The van der Waals surface area contributed by atoms with Gasteiger partial charge in [0.1, 0.15) is 9.84 Å². The Bertz CT molecular complexity index is 638. The average molecular weight is 356 g/mol. The van der Waals surface area contributed by atoms with Crippen LogP contribution in [0.5, 0.6) is 0 Å². The minimum Gasteiger partial charge on any atom is -0.283 e. The zero-order valence-electron chi connectivity index (χ0n) is 9.97. The Morgan fingerprint density at radius 1 is 1.17 bits per heavy atom. The highest BCUT2D eigenvalue weighted by Gasteiger charge is 2.15. The van der Waals surface area contributed by atoms with E-state index in [1.165, 1.54) is 0 Å². The number of rotatable bonds is 5. The van der Waals surface area contributed by atoms with Gasteiger partial charge in [-0.1, -0.05) is 22.0 Å². The molecule has 0 bridgehead atoms. The first-order chi connectivity index (χ1) is 8.11. The van der Waals surface area contributed by atoms with Gasteiger partial charge in [0, 0.05) is 10.7 Å². The van der Waals surface area contributed by atoms with Crippen LogP contribution in [0.15, 0.2) is 22.7 Å². The molecule has 0 saturated carbocycles. The van der Waals surface area contributed by atoms with Gasteiger partial charge < -0.3 is 0 Å². The van der Waals surface area contributed by atoms with Crippen LogP contribution < -0.4 is 4.72 Å². The highest BCUT2D eigenvalue weighted by molar-refractivity contribution is 9.10. The third-order valence-electron chi connectivity index (χ3n) is 2.26. The van der Waals surface area contributed by atoms with E-state index in [1.54, 1.807) is 25.1 Å². The lowest BCUT2D eigenvalue weighted by molar-refractivity contribution is 0.593. The minimum absolute atomic E-state index is 0.393. The number of nitrogens with one attached hydrogen (secondary N) is 1. The standard InChI is InChI=1S/C10H14BrNO4S2/c1-8-9(11)4-3-5-10(8)12-18(15,16)7-6-17(2,13)14/h3-5,12H,6-7H2,1-2H3. The second-order valence-corrected chi connectivity index (χ2v) is 8.92. The van der Waals surface area contributed by atoms with Crippen LogP contribution in [-0.2, 0) is 19.9 Å². The van der Waals surface area contributed by atoms with Gasteiger partial charge in [-0.2, -0.15) is 0 Å². The quantitative estimate of drug-likeness (QED) is 0.868. The molecular weight excluding hydrogens is 342 g/mol. The molecule has 0 fully saturated rings. The number of hydrogen-bond acceptors (Lipinski definition) is 4. The maximum Gasteiger partial charge on any atom is 0.233 e. The van der Waals surface area contributed by atoms with Crippen LogP contribution in [0.1, 0.15) is 5.56 Å². The Labute approximate surface area is 116 Å². The maximum absolute atomic E-state index is 11.7. The average Bonchev–Trinajstić information content (AvgIpc) is 2.21. The molecule has 1 aromatic rings. The molecule has 1 aromatic carbocycles. The van der Waals surface area contributed by atoms with E-state index in [0.717, 1.165) is 16.3 Å². The molecule has 0 amide bonds. The minimum atomic E-state index is -3.66. The Morgan fingerprint density at radius 3 is 2.33 bits per heavy atom. The summed E-state index contributed by atoms with van der Waals surface area (Å²) in [6.45, 7) is 1.76. The van der Waals surface area contributed by atoms with Crippen molar-refractivity contribution >= 4 is 41.5 Å². The molecule has 0 spiro atoms. The van der Waals surface area contributed by atoms with E-state index in [1.807, 2.05) is 0 Å². The number of sulfone groups is 1. The molecule has 0 saturated heterocycles. The van der Waals surface area contributed by atoms with E-state index < -0.39 is 31.4 Å². The van der Waals surface area contributed by atoms with E-state index in [2.05, 4.69) is 20.7 Å². The summed E-state index contributed by atoms with van der Waals surface area (Å²) in [5, 5.41) is 0. The molecule has 1 N–H and O–H groups in total. The summed E-state index contributed by atoms with van der Waals surface area (Å²) in [6, 6.07) is 5.12. The Kier molecular flexibility index (Phi) is 4.79. The highest BCUT2D eigenvalue weighted by Crippen LogP contribution is 2.24. The lowest BCUT2D eigenvalue weighted by Gasteiger charge is -2.11. The Hall–Kier alpha value is -0.600. The van der Waals surface area contributed by atoms with Gasteiger partial charge in [-0.25, -0.2) is 16.8 Å². The van der Waals surface area contributed by atoms with Crippen molar-refractivity contribution in [3.8, 4) is 0 Å². The fourth-order valence-electron chi connectivity index (χ4n) is 1.20. The van der Waals surface area contributed by atoms with E-state index in [4.69, 9.17) is 0 Å². The molecule has 0 aromatic heterocycles. The predicted octanol–water partition coefficient (Wildman–Crippen LogP) is 1.54. The van der Waals surface area contributed by atoms with Crippen molar-refractivity contribution in [1.29, 1.82) is 0 Å². The molecular formula is C10H14BrNO4S2. The van der Waals surface area contributed by atoms with Gasteiger partial charge in [0.25, 0.3) is 0 Å². The van der Waals surface area contributed by atoms with Gasteiger partial charge in [0.2, 0.25) is 10.0 Å². The number of halogens is 1. The molecule has 0 aliphatic carbocycles. The van der Waals surface area contributed by atoms with Crippen molar-refractivity contribution in [2.24, 2.45) is 0 Å². The molecule has 0 radical (unpaired) electrons. The van der Waals surface area contributed by atoms with Crippen molar-refractivity contribution in [2.45, 2.75) is 6.92 Å². The predicted molar refractivity (Wildman–Crippen MR) is 76.0 cm³/mol. The zero-order valence-corrected chi connectivity index (χ0v) is 13.2. The molecule has 0 unspecified atom stereocenters. The summed E-state index contributed by atoms with van der Waals surface area (Å²) < 4.78 is 48.5. The van der Waals surface area contributed by atoms with Crippen LogP contribution in [0.25, 0.3) is 0 Å². The lowest BCUT2D eigenvalue weighted by Crippen LogP contribution is -2.22. The second-order valence-electron chi connectivity index (χ2n) is 3.96. The van der Waals surface area contributed by atoms with Crippen molar-refractivity contribution in [3.05, 3.63) is 28.2 Å². The van der Waals surface area contributed by atoms with Crippen molar-refractivity contribution < 1.29 is 16.8 Å². The van der Waals surface area contributed by atoms with Crippen molar-refractivity contribution in [3.63, 3.8) is 0 Å². The van der Waals surface area contributed by atoms with E-state index in [0.29, 0.717) is 5.69 Å². The van der Waals surface area contributed by atoms with Crippen molar-refractivity contribution in [1.82, 2.24) is 0 Å². The lowest BCUT2D eigenvalue weighted by atomic mass is 10.2.